The van der Waals surface area contributed by atoms with E-state index in [9.17, 15) is 0 Å². The van der Waals surface area contributed by atoms with Gasteiger partial charge in [0.25, 0.3) is 0 Å². The second kappa shape index (κ2) is 10.4. The Morgan fingerprint density at radius 1 is 0.400 bits per heavy atom. The van der Waals surface area contributed by atoms with Gasteiger partial charge in [-0.3, -0.25) is 0 Å². The van der Waals surface area contributed by atoms with Gasteiger partial charge in [0, 0.05) is 0 Å². The van der Waals surface area contributed by atoms with E-state index in [2.05, 4.69) is 185 Å². The molecule has 0 saturated heterocycles. The molecule has 0 aliphatic carbocycles. The van der Waals surface area contributed by atoms with E-state index in [1.54, 1.807) is 0 Å². The molecule has 1 N–H and O–H groups in total. The summed E-state index contributed by atoms with van der Waals surface area (Å²) in [7, 11) is 0. The van der Waals surface area contributed by atoms with Crippen molar-refractivity contribution in [3.8, 4) is 5.69 Å². The van der Waals surface area contributed by atoms with Gasteiger partial charge in [0.1, 0.15) is 0 Å². The van der Waals surface area contributed by atoms with Crippen molar-refractivity contribution in [2.45, 2.75) is 0 Å². The molecule has 0 atom stereocenters. The number of aromatic amines is 1. The Balaban J connectivity index is 1.37. The van der Waals surface area contributed by atoms with Crippen molar-refractivity contribution in [1.29, 1.82) is 0 Å². The summed E-state index contributed by atoms with van der Waals surface area (Å²) in [5.41, 5.74) is 5.99. The maximum absolute atomic E-state index is 3.77. The van der Waals surface area contributed by atoms with E-state index in [1.165, 1.54) is 66.9 Å². The molecule has 2 nitrogen and oxygen atoms in total. The van der Waals surface area contributed by atoms with E-state index < -0.39 is 13.3 Å². The van der Waals surface area contributed by atoms with E-state index in [0.29, 0.717) is 0 Å². The molecule has 9 rings (SSSR count). The molecule has 0 aliphatic heterocycles. The van der Waals surface area contributed by atoms with E-state index >= 15 is 0 Å². The van der Waals surface area contributed by atoms with E-state index in [4.69, 9.17) is 0 Å². The van der Waals surface area contributed by atoms with Gasteiger partial charge in [-0.1, -0.05) is 0 Å². The van der Waals surface area contributed by atoms with Crippen LogP contribution in [-0.4, -0.2) is 22.8 Å². The molecule has 0 unspecified atom stereocenters. The van der Waals surface area contributed by atoms with Crippen LogP contribution in [0.3, 0.4) is 0 Å². The summed E-state index contributed by atoms with van der Waals surface area (Å²) in [5, 5.41) is 5.06. The number of H-pyrrole nitrogens is 1. The van der Waals surface area contributed by atoms with Crippen LogP contribution in [-0.2, 0) is 0 Å². The molecule has 0 saturated carbocycles. The first kappa shape index (κ1) is 26.1. The average molecular weight is 635 g/mol. The van der Waals surface area contributed by atoms with Gasteiger partial charge in [0.15, 0.2) is 0 Å². The number of hydrogen-bond donors (Lipinski definition) is 1. The van der Waals surface area contributed by atoms with Crippen LogP contribution in [0.15, 0.2) is 176 Å². The number of nitrogens with one attached hydrogen (secondary N) is 1. The minimum absolute atomic E-state index is 1.17. The molecule has 0 fully saturated rings. The summed E-state index contributed by atoms with van der Waals surface area (Å²) < 4.78 is 8.15. The number of hydrogen-bond acceptors (Lipinski definition) is 0. The summed E-state index contributed by atoms with van der Waals surface area (Å²) in [6, 6.07) is 65.1. The second-order valence-electron chi connectivity index (χ2n) is 11.8. The molecule has 0 spiro atoms. The van der Waals surface area contributed by atoms with Gasteiger partial charge in [0.2, 0.25) is 0 Å². The monoisotopic (exact) mass is 636 g/mol. The van der Waals surface area contributed by atoms with Gasteiger partial charge < -0.3 is 0 Å². The quantitative estimate of drug-likeness (QED) is 0.187. The molecule has 45 heavy (non-hydrogen) atoms. The maximum atomic E-state index is 3.77. The Morgan fingerprint density at radius 3 is 1.62 bits per heavy atom. The van der Waals surface area contributed by atoms with Gasteiger partial charge in [-0.2, -0.15) is 0 Å². The van der Waals surface area contributed by atoms with Gasteiger partial charge in [0.05, 0.1) is 0 Å². The Bertz CT molecular complexity index is 2380. The van der Waals surface area contributed by atoms with Crippen molar-refractivity contribution >= 4 is 74.5 Å². The number of fused-ring (bicyclic) bond motifs is 7. The predicted molar refractivity (Wildman–Crippen MR) is 194 cm³/mol. The zero-order valence-electron chi connectivity index (χ0n) is 24.7. The molecule has 212 valence electrons. The van der Waals surface area contributed by atoms with Gasteiger partial charge in [-0.15, -0.1) is 0 Å². The van der Waals surface area contributed by atoms with Crippen LogP contribution in [0.2, 0.25) is 0 Å². The molecule has 0 amide bonds. The molecular formula is C42H30GeN2. The average Bonchev–Trinajstić information content (AvgIpc) is 3.66. The summed E-state index contributed by atoms with van der Waals surface area (Å²) in [4.78, 5) is 3.77. The number of benzene rings is 7. The standard InChI is InChI=1S/C42H30GeN2/c1-4-15-30(16-5-1)43(31-17-6-2-7-18-31,32-19-8-3-9-20-32)33-21-14-22-34(29-33)45-39-26-13-11-24-37(39)41-40(45)28-27-36-35-23-10-12-25-38(35)44-42(36)41/h1-29,44H. The fraction of sp³-hybridized carbons (Fsp3) is 0. The Hall–Kier alpha value is -5.32. The molecular weight excluding hydrogens is 605 g/mol. The molecule has 9 aromatic rings. The summed E-state index contributed by atoms with van der Waals surface area (Å²) in [6.07, 6.45) is 0. The molecule has 0 aliphatic rings. The zero-order valence-corrected chi connectivity index (χ0v) is 26.8. The van der Waals surface area contributed by atoms with Crippen LogP contribution in [0.25, 0.3) is 49.3 Å². The summed E-state index contributed by atoms with van der Waals surface area (Å²) >= 11 is -3.42. The molecule has 3 heteroatoms. The first-order valence-corrected chi connectivity index (χ1v) is 19.7. The van der Waals surface area contributed by atoms with Crippen molar-refractivity contribution in [1.82, 2.24) is 9.55 Å². The normalized spacial score (nSPS) is 12.0. The third kappa shape index (κ3) is 3.89. The minimum atomic E-state index is -3.42. The molecule has 7 aromatic carbocycles. The Kier molecular flexibility index (Phi) is 6.03. The first-order chi connectivity index (χ1) is 22.3. The van der Waals surface area contributed by atoms with Crippen LogP contribution >= 0.6 is 0 Å². The Labute approximate surface area is 264 Å². The molecule has 0 radical (unpaired) electrons. The van der Waals surface area contributed by atoms with Crippen LogP contribution in [0.4, 0.5) is 0 Å². The predicted octanol–water partition coefficient (Wildman–Crippen LogP) is 7.80. The number of nitrogens with zero attached hydrogens (tertiary/aromatic N) is 1. The van der Waals surface area contributed by atoms with Crippen LogP contribution in [0.5, 0.6) is 0 Å². The van der Waals surface area contributed by atoms with Crippen molar-refractivity contribution in [2.75, 3.05) is 0 Å². The van der Waals surface area contributed by atoms with Crippen molar-refractivity contribution in [3.63, 3.8) is 0 Å². The van der Waals surface area contributed by atoms with Crippen LogP contribution < -0.4 is 17.6 Å². The Morgan fingerprint density at radius 2 is 0.956 bits per heavy atom. The first-order valence-electron chi connectivity index (χ1n) is 15.5. The van der Waals surface area contributed by atoms with Gasteiger partial charge >= 0.3 is 266 Å². The van der Waals surface area contributed by atoms with Crippen molar-refractivity contribution in [2.24, 2.45) is 0 Å². The number of aromatic nitrogens is 2. The number of rotatable bonds is 5. The molecule has 2 heterocycles. The SMILES string of the molecule is c1cc[c]([Ge]([c]2ccccc2)([c]2ccccc2)[c]2cccc(-n3c4ccccc4c4c5[nH]c6ccccc6c5ccc43)c2)cc1. The molecule has 2 aromatic heterocycles. The summed E-state index contributed by atoms with van der Waals surface area (Å²) in [5.74, 6) is 0. The van der Waals surface area contributed by atoms with Gasteiger partial charge in [-0.25, -0.2) is 0 Å². The fourth-order valence-corrected chi connectivity index (χ4v) is 17.6. The van der Waals surface area contributed by atoms with Crippen molar-refractivity contribution < 1.29 is 0 Å². The second-order valence-corrected chi connectivity index (χ2v) is 19.8. The van der Waals surface area contributed by atoms with E-state index in [1.807, 2.05) is 0 Å². The zero-order chi connectivity index (χ0) is 29.8. The van der Waals surface area contributed by atoms with E-state index in [-0.39, 0.29) is 0 Å². The topological polar surface area (TPSA) is 20.7 Å². The fourth-order valence-electron chi connectivity index (χ4n) is 7.60. The van der Waals surface area contributed by atoms with Gasteiger partial charge in [-0.05, 0) is 0 Å². The van der Waals surface area contributed by atoms with E-state index in [0.717, 1.165) is 0 Å². The number of para-hydroxylation sites is 2. The molecule has 0 bridgehead atoms. The van der Waals surface area contributed by atoms with Crippen LogP contribution in [0.1, 0.15) is 0 Å². The van der Waals surface area contributed by atoms with Crippen molar-refractivity contribution in [3.05, 3.63) is 176 Å². The third-order valence-corrected chi connectivity index (χ3v) is 19.5. The third-order valence-electron chi connectivity index (χ3n) is 9.47. The van der Waals surface area contributed by atoms with Crippen LogP contribution in [0, 0.1) is 0 Å². The summed E-state index contributed by atoms with van der Waals surface area (Å²) in [6.45, 7) is 0.